The maximum absolute atomic E-state index is 5.80. The molecule has 0 radical (unpaired) electrons. The third-order valence-electron chi connectivity index (χ3n) is 2.44. The first-order chi connectivity index (χ1) is 8.31. The largest absolute Gasteiger partial charge is 0.340 e. The molecule has 0 aliphatic carbocycles. The second-order valence-electron chi connectivity index (χ2n) is 3.71. The summed E-state index contributed by atoms with van der Waals surface area (Å²) in [4.78, 5) is 8.34. The van der Waals surface area contributed by atoms with Crippen LogP contribution in [0.3, 0.4) is 0 Å². The van der Waals surface area contributed by atoms with Gasteiger partial charge in [-0.2, -0.15) is 0 Å². The molecule has 2 rings (SSSR count). The highest BCUT2D eigenvalue weighted by Crippen LogP contribution is 2.17. The number of rotatable bonds is 4. The van der Waals surface area contributed by atoms with Crippen LogP contribution < -0.4 is 5.32 Å². The summed E-state index contributed by atoms with van der Waals surface area (Å²) in [5, 5.41) is 3.24. The summed E-state index contributed by atoms with van der Waals surface area (Å²) in [6, 6.07) is 9.93. The van der Waals surface area contributed by atoms with Gasteiger partial charge in [0, 0.05) is 23.3 Å². The maximum atomic E-state index is 5.80. The van der Waals surface area contributed by atoms with Gasteiger partial charge in [0.2, 0.25) is 0 Å². The van der Waals surface area contributed by atoms with Crippen LogP contribution >= 0.6 is 11.6 Å². The summed E-state index contributed by atoms with van der Waals surface area (Å²) in [5.41, 5.74) is 3.10. The van der Waals surface area contributed by atoms with Crippen LogP contribution in [0.1, 0.15) is 18.2 Å². The Bertz CT molecular complexity index is 454. The lowest BCUT2D eigenvalue weighted by Gasteiger charge is -2.07. The first-order valence-electron chi connectivity index (χ1n) is 5.54. The molecular weight excluding hydrogens is 234 g/mol. The van der Waals surface area contributed by atoms with Crippen LogP contribution in [-0.2, 0) is 12.3 Å². The maximum Gasteiger partial charge on any atom is 0.133 e. The van der Waals surface area contributed by atoms with Crippen molar-refractivity contribution >= 4 is 23.1 Å². The zero-order valence-electron chi connectivity index (χ0n) is 9.65. The van der Waals surface area contributed by atoms with Crippen LogP contribution in [0.25, 0.3) is 0 Å². The number of hydrogen-bond donors (Lipinski definition) is 1. The fraction of sp³-hybridized carbons (Fsp3) is 0.231. The van der Waals surface area contributed by atoms with Crippen LogP contribution in [-0.4, -0.2) is 9.97 Å². The number of halogens is 1. The molecule has 0 atom stereocenters. The van der Waals surface area contributed by atoms with Crippen molar-refractivity contribution in [3.8, 4) is 0 Å². The molecule has 0 fully saturated rings. The van der Waals surface area contributed by atoms with Gasteiger partial charge in [0.1, 0.15) is 12.1 Å². The Labute approximate surface area is 106 Å². The molecule has 0 bridgehead atoms. The van der Waals surface area contributed by atoms with Crippen molar-refractivity contribution in [2.45, 2.75) is 19.2 Å². The van der Waals surface area contributed by atoms with Gasteiger partial charge in [0.15, 0.2) is 0 Å². The van der Waals surface area contributed by atoms with Crippen LogP contribution in [0.5, 0.6) is 0 Å². The van der Waals surface area contributed by atoms with Gasteiger partial charge in [-0.25, -0.2) is 9.97 Å². The average molecular weight is 248 g/mol. The van der Waals surface area contributed by atoms with Gasteiger partial charge in [-0.15, -0.1) is 11.6 Å². The van der Waals surface area contributed by atoms with Gasteiger partial charge in [-0.3, -0.25) is 0 Å². The van der Waals surface area contributed by atoms with Crippen molar-refractivity contribution in [2.75, 3.05) is 5.32 Å². The molecule has 1 aromatic heterocycles. The summed E-state index contributed by atoms with van der Waals surface area (Å²) in [7, 11) is 0. The zero-order valence-corrected chi connectivity index (χ0v) is 10.4. The Balaban J connectivity index is 2.18. The minimum Gasteiger partial charge on any atom is -0.340 e. The molecule has 4 heteroatoms. The molecule has 0 aliphatic rings. The zero-order chi connectivity index (χ0) is 12.1. The second-order valence-corrected chi connectivity index (χ2v) is 3.97. The molecule has 2 aromatic rings. The van der Waals surface area contributed by atoms with E-state index in [-0.39, 0.29) is 0 Å². The fourth-order valence-corrected chi connectivity index (χ4v) is 1.71. The number of nitrogens with one attached hydrogen (secondary N) is 1. The summed E-state index contributed by atoms with van der Waals surface area (Å²) in [6.45, 7) is 2.07. The van der Waals surface area contributed by atoms with E-state index in [1.54, 1.807) is 6.33 Å². The molecule has 1 heterocycles. The van der Waals surface area contributed by atoms with E-state index in [1.807, 2.05) is 30.3 Å². The van der Waals surface area contributed by atoms with Gasteiger partial charge in [-0.05, 0) is 24.1 Å². The summed E-state index contributed by atoms with van der Waals surface area (Å²) >= 11 is 5.80. The van der Waals surface area contributed by atoms with E-state index in [2.05, 4.69) is 22.2 Å². The number of aromatic nitrogens is 2. The van der Waals surface area contributed by atoms with Crippen molar-refractivity contribution in [1.82, 2.24) is 9.97 Å². The van der Waals surface area contributed by atoms with Crippen LogP contribution in [0.4, 0.5) is 11.5 Å². The number of aryl methyl sites for hydroxylation is 1. The van der Waals surface area contributed by atoms with E-state index in [1.165, 1.54) is 0 Å². The van der Waals surface area contributed by atoms with E-state index >= 15 is 0 Å². The predicted molar refractivity (Wildman–Crippen MR) is 70.7 cm³/mol. The molecule has 1 N–H and O–H groups in total. The Kier molecular flexibility index (Phi) is 3.94. The first kappa shape index (κ1) is 11.9. The number of alkyl halides is 1. The van der Waals surface area contributed by atoms with E-state index in [0.717, 1.165) is 29.2 Å². The highest BCUT2D eigenvalue weighted by atomic mass is 35.5. The summed E-state index contributed by atoms with van der Waals surface area (Å²) in [5.74, 6) is 1.32. The van der Waals surface area contributed by atoms with Crippen LogP contribution in [0, 0.1) is 0 Å². The normalized spacial score (nSPS) is 10.2. The minimum atomic E-state index is 0.513. The molecule has 0 spiro atoms. The van der Waals surface area contributed by atoms with Crippen molar-refractivity contribution in [3.63, 3.8) is 0 Å². The molecule has 0 amide bonds. The highest BCUT2D eigenvalue weighted by Gasteiger charge is 1.99. The molecule has 0 saturated heterocycles. The third kappa shape index (κ3) is 3.17. The van der Waals surface area contributed by atoms with Crippen LogP contribution in [0.15, 0.2) is 36.7 Å². The minimum absolute atomic E-state index is 0.513. The molecular formula is C13H14ClN3. The van der Waals surface area contributed by atoms with E-state index in [0.29, 0.717) is 5.88 Å². The second kappa shape index (κ2) is 5.64. The molecule has 0 saturated carbocycles. The Morgan fingerprint density at radius 1 is 1.24 bits per heavy atom. The molecule has 17 heavy (non-hydrogen) atoms. The SMILES string of the molecule is CCc1cc(Nc2cccc(CCl)c2)ncn1. The number of anilines is 2. The van der Waals surface area contributed by atoms with Crippen molar-refractivity contribution in [1.29, 1.82) is 0 Å². The van der Waals surface area contributed by atoms with Crippen molar-refractivity contribution in [2.24, 2.45) is 0 Å². The monoisotopic (exact) mass is 247 g/mol. The van der Waals surface area contributed by atoms with E-state index < -0.39 is 0 Å². The summed E-state index contributed by atoms with van der Waals surface area (Å²) < 4.78 is 0. The third-order valence-corrected chi connectivity index (χ3v) is 2.75. The van der Waals surface area contributed by atoms with Crippen molar-refractivity contribution in [3.05, 3.63) is 47.9 Å². The van der Waals surface area contributed by atoms with Crippen molar-refractivity contribution < 1.29 is 0 Å². The molecule has 0 unspecified atom stereocenters. The fourth-order valence-electron chi connectivity index (χ4n) is 1.54. The first-order valence-corrected chi connectivity index (χ1v) is 6.08. The highest BCUT2D eigenvalue weighted by molar-refractivity contribution is 6.17. The van der Waals surface area contributed by atoms with Gasteiger partial charge in [0.25, 0.3) is 0 Å². The van der Waals surface area contributed by atoms with Gasteiger partial charge >= 0.3 is 0 Å². The lowest BCUT2D eigenvalue weighted by molar-refractivity contribution is 1.00. The van der Waals surface area contributed by atoms with Gasteiger partial charge in [-0.1, -0.05) is 19.1 Å². The lowest BCUT2D eigenvalue weighted by Crippen LogP contribution is -1.97. The number of nitrogens with zero attached hydrogens (tertiary/aromatic N) is 2. The number of hydrogen-bond acceptors (Lipinski definition) is 3. The standard InChI is InChI=1S/C13H14ClN3/c1-2-11-7-13(16-9-15-11)17-12-5-3-4-10(6-12)8-14/h3-7,9H,2,8H2,1H3,(H,15,16,17). The van der Waals surface area contributed by atoms with E-state index in [9.17, 15) is 0 Å². The van der Waals surface area contributed by atoms with Gasteiger partial charge < -0.3 is 5.32 Å². The smallest absolute Gasteiger partial charge is 0.133 e. The molecule has 0 aliphatic heterocycles. The molecule has 1 aromatic carbocycles. The Hall–Kier alpha value is -1.61. The predicted octanol–water partition coefficient (Wildman–Crippen LogP) is 3.52. The topological polar surface area (TPSA) is 37.8 Å². The average Bonchev–Trinajstić information content (AvgIpc) is 2.39. The molecule has 3 nitrogen and oxygen atoms in total. The quantitative estimate of drug-likeness (QED) is 0.840. The van der Waals surface area contributed by atoms with Gasteiger partial charge in [0.05, 0.1) is 0 Å². The Morgan fingerprint density at radius 3 is 2.88 bits per heavy atom. The molecule has 88 valence electrons. The summed E-state index contributed by atoms with van der Waals surface area (Å²) in [6.07, 6.45) is 2.48. The Morgan fingerprint density at radius 2 is 2.12 bits per heavy atom. The number of benzene rings is 1. The lowest BCUT2D eigenvalue weighted by atomic mass is 10.2. The van der Waals surface area contributed by atoms with Crippen LogP contribution in [0.2, 0.25) is 0 Å². The van der Waals surface area contributed by atoms with E-state index in [4.69, 9.17) is 11.6 Å².